The Balaban J connectivity index is 0. The third-order valence-electron chi connectivity index (χ3n) is 1.44. The molecule has 0 fully saturated rings. The smallest absolute Gasteiger partial charge is 0.545 e. The van der Waals surface area contributed by atoms with Gasteiger partial charge in [0.15, 0.2) is 0 Å². The number of hydrogen-bond acceptors (Lipinski definition) is 3. The average Bonchev–Trinajstić information content (AvgIpc) is 2.89. The summed E-state index contributed by atoms with van der Waals surface area (Å²) in [4.78, 5) is 7.75. The summed E-state index contributed by atoms with van der Waals surface area (Å²) in [6.45, 7) is 8.00. The van der Waals surface area contributed by atoms with Gasteiger partial charge in [-0.25, -0.2) is 0 Å². The first-order chi connectivity index (χ1) is 7.47. The molecule has 0 unspecified atom stereocenters. The van der Waals surface area contributed by atoms with E-state index >= 15 is 0 Å². The predicted molar refractivity (Wildman–Crippen MR) is 54.1 cm³/mol. The van der Waals surface area contributed by atoms with Gasteiger partial charge >= 0.3 is 20.1 Å². The quantitative estimate of drug-likeness (QED) is 0.548. The molecule has 0 aliphatic heterocycles. The van der Waals surface area contributed by atoms with Gasteiger partial charge in [-0.05, 0) is 11.8 Å². The molecule has 0 N–H and O–H groups in total. The van der Waals surface area contributed by atoms with Crippen LogP contribution in [0.4, 0.5) is 0 Å². The molecule has 0 radical (unpaired) electrons. The van der Waals surface area contributed by atoms with Gasteiger partial charge in [-0.1, -0.05) is 0 Å². The van der Waals surface area contributed by atoms with Crippen molar-refractivity contribution in [2.75, 3.05) is 0 Å². The molecular formula is C11H8IrN3O. The zero-order valence-electron chi connectivity index (χ0n) is 8.20. The minimum Gasteiger partial charge on any atom is -0.545 e. The summed E-state index contributed by atoms with van der Waals surface area (Å²) in [6.07, 6.45) is 3.65. The Hall–Kier alpha value is -1.76. The van der Waals surface area contributed by atoms with E-state index in [4.69, 9.17) is 16.6 Å². The largest absolute Gasteiger partial charge is 3.00 e. The van der Waals surface area contributed by atoms with Crippen LogP contribution in [0.15, 0.2) is 42.7 Å². The van der Waals surface area contributed by atoms with Crippen molar-refractivity contribution < 1.29 is 24.9 Å². The average molecular weight is 390 g/mol. The molecule has 4 nitrogen and oxygen atoms in total. The zero-order chi connectivity index (χ0) is 11.5. The third kappa shape index (κ3) is 5.20. The molecule has 0 atom stereocenters. The molecular weight excluding hydrogens is 382 g/mol. The second-order valence-electron chi connectivity index (χ2n) is 2.20. The summed E-state index contributed by atoms with van der Waals surface area (Å²) < 4.78 is 1.78. The zero-order valence-corrected chi connectivity index (χ0v) is 10.6. The molecule has 0 saturated carbocycles. The molecule has 0 spiro atoms. The summed E-state index contributed by atoms with van der Waals surface area (Å²) in [5.74, 6) is 0. The Bertz CT molecular complexity index is 373. The van der Waals surface area contributed by atoms with Crippen molar-refractivity contribution in [1.29, 1.82) is 5.26 Å². The molecule has 82 valence electrons. The summed E-state index contributed by atoms with van der Waals surface area (Å²) in [5, 5.41) is 10.3. The molecule has 0 saturated heterocycles. The van der Waals surface area contributed by atoms with Gasteiger partial charge in [-0.15, -0.1) is 6.07 Å². The Morgan fingerprint density at radius 1 is 1.31 bits per heavy atom. The number of aromatic nitrogens is 2. The van der Waals surface area contributed by atoms with Crippen LogP contribution in [-0.4, -0.2) is 16.6 Å². The Morgan fingerprint density at radius 3 is 2.44 bits per heavy atom. The first-order valence-electron chi connectivity index (χ1n) is 3.89. The van der Waals surface area contributed by atoms with E-state index in [1.807, 2.05) is 36.5 Å². The van der Waals surface area contributed by atoms with Crippen LogP contribution in [0.1, 0.15) is 0 Å². The number of benzene rings is 1. The van der Waals surface area contributed by atoms with Gasteiger partial charge in [-0.3, -0.25) is 11.5 Å². The van der Waals surface area contributed by atoms with Crippen molar-refractivity contribution in [3.8, 4) is 5.69 Å². The molecule has 0 aliphatic rings. The van der Waals surface area contributed by atoms with Gasteiger partial charge in [-0.2, -0.15) is 29.4 Å². The first-order valence-corrected chi connectivity index (χ1v) is 3.89. The topological polar surface area (TPSA) is 58.7 Å². The summed E-state index contributed by atoms with van der Waals surface area (Å²) >= 11 is 0. The van der Waals surface area contributed by atoms with E-state index in [-0.39, 0.29) is 20.1 Å². The van der Waals surface area contributed by atoms with Crippen molar-refractivity contribution in [3.05, 3.63) is 55.4 Å². The fraction of sp³-hybridized carbons (Fsp3) is 0. The van der Waals surface area contributed by atoms with Crippen LogP contribution in [0.25, 0.3) is 5.69 Å². The van der Waals surface area contributed by atoms with Crippen molar-refractivity contribution in [1.82, 2.24) is 9.78 Å². The molecule has 1 heterocycles. The molecule has 0 amide bonds. The SMILES string of the molecule is [C-]#N.[CH-]=O.[Ir+3].[c-]1ccccc1-n1cccn1. The van der Waals surface area contributed by atoms with Crippen LogP contribution in [0.5, 0.6) is 0 Å². The van der Waals surface area contributed by atoms with Crippen molar-refractivity contribution in [3.63, 3.8) is 0 Å². The van der Waals surface area contributed by atoms with Crippen LogP contribution in [-0.2, 0) is 24.9 Å². The van der Waals surface area contributed by atoms with Gasteiger partial charge in [0.2, 0.25) is 0 Å². The maximum absolute atomic E-state index is 7.75. The predicted octanol–water partition coefficient (Wildman–Crippen LogP) is 1.49. The summed E-state index contributed by atoms with van der Waals surface area (Å²) in [7, 11) is 0. The molecule has 1 aromatic heterocycles. The van der Waals surface area contributed by atoms with Gasteiger partial charge in [0.25, 0.3) is 0 Å². The van der Waals surface area contributed by atoms with Crippen LogP contribution >= 0.6 is 0 Å². The van der Waals surface area contributed by atoms with Crippen LogP contribution in [0.3, 0.4) is 0 Å². The fourth-order valence-corrected chi connectivity index (χ4v) is 0.938. The van der Waals surface area contributed by atoms with E-state index in [0.29, 0.717) is 0 Å². The number of hydrogen-bond donors (Lipinski definition) is 0. The minimum absolute atomic E-state index is 0. The molecule has 0 aliphatic carbocycles. The molecule has 2 aromatic rings. The van der Waals surface area contributed by atoms with Gasteiger partial charge in [0, 0.05) is 12.4 Å². The van der Waals surface area contributed by atoms with Crippen molar-refractivity contribution >= 4 is 6.79 Å². The third-order valence-corrected chi connectivity index (χ3v) is 1.44. The number of carbonyl (C=O) groups excluding carboxylic acids is 1. The first kappa shape index (κ1) is 16.7. The Kier molecular flexibility index (Phi) is 11.8. The van der Waals surface area contributed by atoms with Crippen LogP contribution in [0.2, 0.25) is 0 Å². The summed E-state index contributed by atoms with van der Waals surface area (Å²) in [5.41, 5.74) is 0.970. The second kappa shape index (κ2) is 11.3. The molecule has 0 bridgehead atoms. The monoisotopic (exact) mass is 391 g/mol. The van der Waals surface area contributed by atoms with Crippen LogP contribution in [0, 0.1) is 17.9 Å². The van der Waals surface area contributed by atoms with Crippen molar-refractivity contribution in [2.45, 2.75) is 0 Å². The minimum atomic E-state index is 0. The molecule has 1 aromatic carbocycles. The van der Waals surface area contributed by atoms with E-state index in [0.717, 1.165) is 5.69 Å². The van der Waals surface area contributed by atoms with Crippen LogP contribution < -0.4 is 0 Å². The normalized spacial score (nSPS) is 7.12. The number of rotatable bonds is 1. The van der Waals surface area contributed by atoms with E-state index in [2.05, 4.69) is 18.0 Å². The maximum atomic E-state index is 7.75. The van der Waals surface area contributed by atoms with E-state index in [9.17, 15) is 0 Å². The van der Waals surface area contributed by atoms with E-state index in [1.165, 1.54) is 0 Å². The second-order valence-corrected chi connectivity index (χ2v) is 2.20. The van der Waals surface area contributed by atoms with Gasteiger partial charge in [0.1, 0.15) is 0 Å². The van der Waals surface area contributed by atoms with E-state index < -0.39 is 0 Å². The summed E-state index contributed by atoms with van der Waals surface area (Å²) in [6, 6.07) is 12.7. The van der Waals surface area contributed by atoms with Gasteiger partial charge in [0.05, 0.1) is 0 Å². The van der Waals surface area contributed by atoms with Gasteiger partial charge < -0.3 is 16.6 Å². The maximum Gasteiger partial charge on any atom is 3.00 e. The molecule has 16 heavy (non-hydrogen) atoms. The van der Waals surface area contributed by atoms with Crippen molar-refractivity contribution in [2.24, 2.45) is 0 Å². The Morgan fingerprint density at radius 2 is 2.00 bits per heavy atom. The fourth-order valence-electron chi connectivity index (χ4n) is 0.938. The number of para-hydroxylation sites is 1. The molecule has 2 rings (SSSR count). The van der Waals surface area contributed by atoms with E-state index in [1.54, 1.807) is 10.9 Å². The standard InChI is InChI=1S/C9H7N2.CN.CHO.Ir/c1-2-5-9(6-3-1)11-8-4-7-10-11;2*1-2;/h1-5,7-8H;;1H;/q3*-1;+3. The molecule has 5 heteroatoms. The Labute approximate surface area is 108 Å². The number of nitrogens with zero attached hydrogens (tertiary/aromatic N) is 3.